The van der Waals surface area contributed by atoms with E-state index in [0.717, 1.165) is 25.1 Å². The number of hydrogen-bond acceptors (Lipinski definition) is 6. The van der Waals surface area contributed by atoms with Gasteiger partial charge in [0, 0.05) is 30.1 Å². The summed E-state index contributed by atoms with van der Waals surface area (Å²) in [5, 5.41) is 8.00. The van der Waals surface area contributed by atoms with E-state index in [9.17, 15) is 0 Å². The summed E-state index contributed by atoms with van der Waals surface area (Å²) < 4.78 is 5.25. The van der Waals surface area contributed by atoms with E-state index in [1.807, 2.05) is 16.8 Å². The van der Waals surface area contributed by atoms with Gasteiger partial charge in [0.15, 0.2) is 0 Å². The molecule has 90 valence electrons. The molecule has 0 aromatic carbocycles. The smallest absolute Gasteiger partial charge is 0.241 e. The number of likely N-dealkylation sites (tertiary alicyclic amines) is 1. The van der Waals surface area contributed by atoms with Crippen LogP contribution in [0, 0.1) is 0 Å². The lowest BCUT2D eigenvalue weighted by Gasteiger charge is -2.10. The van der Waals surface area contributed by atoms with E-state index in [0.29, 0.717) is 18.3 Å². The Labute approximate surface area is 103 Å². The van der Waals surface area contributed by atoms with Gasteiger partial charge in [-0.2, -0.15) is 16.3 Å². The van der Waals surface area contributed by atoms with Crippen molar-refractivity contribution in [3.63, 3.8) is 0 Å². The molecular formula is C11H14N4OS. The summed E-state index contributed by atoms with van der Waals surface area (Å²) in [5.41, 5.74) is 6.87. The van der Waals surface area contributed by atoms with E-state index in [1.54, 1.807) is 11.3 Å². The Balaban J connectivity index is 1.69. The second-order valence-corrected chi connectivity index (χ2v) is 5.09. The third-order valence-electron chi connectivity index (χ3n) is 2.92. The Bertz CT molecular complexity index is 481. The lowest BCUT2D eigenvalue weighted by atomic mass is 10.3. The summed E-state index contributed by atoms with van der Waals surface area (Å²) in [6, 6.07) is 2.28. The van der Waals surface area contributed by atoms with Crippen LogP contribution in [0.4, 0.5) is 0 Å². The highest BCUT2D eigenvalue weighted by Gasteiger charge is 2.21. The first-order valence-corrected chi connectivity index (χ1v) is 6.58. The highest BCUT2D eigenvalue weighted by molar-refractivity contribution is 7.08. The van der Waals surface area contributed by atoms with Crippen LogP contribution in [0.5, 0.6) is 0 Å². The van der Waals surface area contributed by atoms with Gasteiger partial charge in [0.2, 0.25) is 11.7 Å². The maximum atomic E-state index is 5.85. The molecule has 1 aliphatic rings. The molecule has 1 atom stereocenters. The number of nitrogens with zero attached hydrogens (tertiary/aromatic N) is 3. The van der Waals surface area contributed by atoms with Gasteiger partial charge in [-0.25, -0.2) is 0 Å². The average Bonchev–Trinajstić information content (AvgIpc) is 3.00. The molecule has 6 heteroatoms. The highest BCUT2D eigenvalue weighted by Crippen LogP contribution is 2.19. The van der Waals surface area contributed by atoms with Crippen LogP contribution in [0.2, 0.25) is 0 Å². The fourth-order valence-corrected chi connectivity index (χ4v) is 2.66. The summed E-state index contributed by atoms with van der Waals surface area (Å²) in [7, 11) is 0. The number of rotatable bonds is 3. The van der Waals surface area contributed by atoms with Crippen molar-refractivity contribution < 1.29 is 4.52 Å². The molecule has 3 heterocycles. The summed E-state index contributed by atoms with van der Waals surface area (Å²) >= 11 is 1.63. The Morgan fingerprint density at radius 1 is 1.59 bits per heavy atom. The normalized spacial score (nSPS) is 21.1. The first-order valence-electron chi connectivity index (χ1n) is 5.64. The minimum atomic E-state index is 0.286. The van der Waals surface area contributed by atoms with Crippen molar-refractivity contribution in [1.29, 1.82) is 0 Å². The molecule has 1 aliphatic heterocycles. The topological polar surface area (TPSA) is 68.2 Å². The minimum Gasteiger partial charge on any atom is -0.338 e. The van der Waals surface area contributed by atoms with E-state index < -0.39 is 0 Å². The minimum absolute atomic E-state index is 0.286. The third-order valence-corrected chi connectivity index (χ3v) is 3.60. The molecule has 0 saturated carbocycles. The molecule has 2 aromatic heterocycles. The number of aromatic nitrogens is 2. The Hall–Kier alpha value is -1.24. The van der Waals surface area contributed by atoms with Gasteiger partial charge in [-0.05, 0) is 17.9 Å². The molecule has 1 saturated heterocycles. The zero-order valence-electron chi connectivity index (χ0n) is 9.37. The molecule has 0 aliphatic carbocycles. The predicted molar refractivity (Wildman–Crippen MR) is 65.5 cm³/mol. The van der Waals surface area contributed by atoms with E-state index in [1.165, 1.54) is 0 Å². The van der Waals surface area contributed by atoms with E-state index in [-0.39, 0.29) is 6.04 Å². The van der Waals surface area contributed by atoms with Gasteiger partial charge in [0.1, 0.15) is 0 Å². The van der Waals surface area contributed by atoms with Crippen molar-refractivity contribution in [3.8, 4) is 11.4 Å². The van der Waals surface area contributed by atoms with Crippen LogP contribution >= 0.6 is 11.3 Å². The van der Waals surface area contributed by atoms with Crippen molar-refractivity contribution in [2.45, 2.75) is 19.0 Å². The third kappa shape index (κ3) is 2.38. The Kier molecular flexibility index (Phi) is 2.92. The van der Waals surface area contributed by atoms with Crippen LogP contribution in [0.25, 0.3) is 11.4 Å². The van der Waals surface area contributed by atoms with Gasteiger partial charge in [0.25, 0.3) is 0 Å². The molecule has 1 fully saturated rings. The number of hydrogen-bond donors (Lipinski definition) is 1. The molecule has 0 bridgehead atoms. The highest BCUT2D eigenvalue weighted by atomic mass is 32.1. The lowest BCUT2D eigenvalue weighted by molar-refractivity contribution is 0.265. The maximum Gasteiger partial charge on any atom is 0.241 e. The lowest BCUT2D eigenvalue weighted by Crippen LogP contribution is -2.26. The van der Waals surface area contributed by atoms with E-state index >= 15 is 0 Å². The van der Waals surface area contributed by atoms with Gasteiger partial charge in [0.05, 0.1) is 6.54 Å². The number of thiophene rings is 1. The zero-order chi connectivity index (χ0) is 11.7. The van der Waals surface area contributed by atoms with Crippen LogP contribution in [-0.4, -0.2) is 34.2 Å². The van der Waals surface area contributed by atoms with Gasteiger partial charge < -0.3 is 10.3 Å². The molecule has 0 spiro atoms. The standard InChI is InChI=1S/C11H14N4OS/c12-9-1-3-15(5-9)6-10-13-11(14-16-10)8-2-4-17-7-8/h2,4,7,9H,1,3,5-6,12H2/t9-/m0/s1. The first-order chi connectivity index (χ1) is 8.31. The van der Waals surface area contributed by atoms with Crippen molar-refractivity contribution in [2.75, 3.05) is 13.1 Å². The van der Waals surface area contributed by atoms with Crippen LogP contribution in [0.3, 0.4) is 0 Å². The second-order valence-electron chi connectivity index (χ2n) is 4.31. The van der Waals surface area contributed by atoms with E-state index in [2.05, 4.69) is 15.0 Å². The van der Waals surface area contributed by atoms with Gasteiger partial charge >= 0.3 is 0 Å². The average molecular weight is 250 g/mol. The van der Waals surface area contributed by atoms with Crippen molar-refractivity contribution >= 4 is 11.3 Å². The molecule has 2 N–H and O–H groups in total. The quantitative estimate of drug-likeness (QED) is 0.890. The SMILES string of the molecule is N[C@H]1CCN(Cc2nc(-c3ccsc3)no2)C1. The van der Waals surface area contributed by atoms with E-state index in [4.69, 9.17) is 10.3 Å². The van der Waals surface area contributed by atoms with Crippen LogP contribution in [0.1, 0.15) is 12.3 Å². The monoisotopic (exact) mass is 250 g/mol. The summed E-state index contributed by atoms with van der Waals surface area (Å²) in [4.78, 5) is 6.63. The summed E-state index contributed by atoms with van der Waals surface area (Å²) in [5.74, 6) is 1.34. The molecule has 17 heavy (non-hydrogen) atoms. The van der Waals surface area contributed by atoms with Crippen LogP contribution < -0.4 is 5.73 Å². The summed E-state index contributed by atoms with van der Waals surface area (Å²) in [6.45, 7) is 2.62. The summed E-state index contributed by atoms with van der Waals surface area (Å²) in [6.07, 6.45) is 1.05. The van der Waals surface area contributed by atoms with Gasteiger partial charge in [-0.15, -0.1) is 0 Å². The fourth-order valence-electron chi connectivity index (χ4n) is 2.03. The molecule has 0 amide bonds. The van der Waals surface area contributed by atoms with Crippen LogP contribution in [0.15, 0.2) is 21.3 Å². The molecular weight excluding hydrogens is 236 g/mol. The molecule has 2 aromatic rings. The molecule has 0 radical (unpaired) electrons. The second kappa shape index (κ2) is 4.56. The van der Waals surface area contributed by atoms with Crippen molar-refractivity contribution in [2.24, 2.45) is 5.73 Å². The Morgan fingerprint density at radius 3 is 3.24 bits per heavy atom. The van der Waals surface area contributed by atoms with Crippen LogP contribution in [-0.2, 0) is 6.54 Å². The van der Waals surface area contributed by atoms with Gasteiger partial charge in [-0.3, -0.25) is 4.90 Å². The first kappa shape index (κ1) is 10.9. The van der Waals surface area contributed by atoms with Crippen molar-refractivity contribution in [3.05, 3.63) is 22.7 Å². The molecule has 0 unspecified atom stereocenters. The largest absolute Gasteiger partial charge is 0.338 e. The maximum absolute atomic E-state index is 5.85. The van der Waals surface area contributed by atoms with Gasteiger partial charge in [-0.1, -0.05) is 5.16 Å². The zero-order valence-corrected chi connectivity index (χ0v) is 10.2. The molecule has 5 nitrogen and oxygen atoms in total. The predicted octanol–water partition coefficient (Wildman–Crippen LogP) is 1.33. The fraction of sp³-hybridized carbons (Fsp3) is 0.455. The van der Waals surface area contributed by atoms with Crippen molar-refractivity contribution in [1.82, 2.24) is 15.0 Å². The molecule has 3 rings (SSSR count). The Morgan fingerprint density at radius 2 is 2.53 bits per heavy atom. The number of nitrogens with two attached hydrogens (primary N) is 1.